The highest BCUT2D eigenvalue weighted by molar-refractivity contribution is 5.68. The minimum Gasteiger partial charge on any atom is -0.462 e. The molecule has 4 rings (SSSR count). The van der Waals surface area contributed by atoms with Crippen molar-refractivity contribution in [2.45, 2.75) is 18.9 Å². The molecular weight excluding hydrogens is 300 g/mol. The van der Waals surface area contributed by atoms with Gasteiger partial charge < -0.3 is 15.1 Å². The summed E-state index contributed by atoms with van der Waals surface area (Å²) in [5.41, 5.74) is 2.91. The Balaban J connectivity index is 1.54. The SMILES string of the molecule is c1ccc(-c2coc(-c3cncc(NC4CCCNC4)n3)c2)cc1. The van der Waals surface area contributed by atoms with Crippen molar-refractivity contribution in [2.75, 3.05) is 18.4 Å². The van der Waals surface area contributed by atoms with Gasteiger partial charge in [0.1, 0.15) is 11.5 Å². The number of piperidine rings is 1. The van der Waals surface area contributed by atoms with Crippen LogP contribution in [0.3, 0.4) is 0 Å². The molecule has 1 saturated heterocycles. The van der Waals surface area contributed by atoms with Crippen LogP contribution in [-0.4, -0.2) is 29.1 Å². The van der Waals surface area contributed by atoms with Crippen LogP contribution in [-0.2, 0) is 0 Å². The Morgan fingerprint density at radius 3 is 2.88 bits per heavy atom. The molecule has 0 radical (unpaired) electrons. The van der Waals surface area contributed by atoms with Crippen LogP contribution in [0.5, 0.6) is 0 Å². The monoisotopic (exact) mass is 320 g/mol. The van der Waals surface area contributed by atoms with E-state index in [0.717, 1.165) is 47.9 Å². The molecule has 2 N–H and O–H groups in total. The van der Waals surface area contributed by atoms with Gasteiger partial charge in [0.25, 0.3) is 0 Å². The summed E-state index contributed by atoms with van der Waals surface area (Å²) in [6.45, 7) is 2.06. The van der Waals surface area contributed by atoms with E-state index >= 15 is 0 Å². The molecule has 1 aliphatic rings. The van der Waals surface area contributed by atoms with E-state index in [-0.39, 0.29) is 0 Å². The number of furan rings is 1. The Morgan fingerprint density at radius 1 is 1.12 bits per heavy atom. The fourth-order valence-electron chi connectivity index (χ4n) is 2.99. The van der Waals surface area contributed by atoms with Crippen LogP contribution in [0.1, 0.15) is 12.8 Å². The summed E-state index contributed by atoms with van der Waals surface area (Å²) in [5.74, 6) is 1.52. The fraction of sp³-hybridized carbons (Fsp3) is 0.263. The van der Waals surface area contributed by atoms with Gasteiger partial charge in [0.05, 0.1) is 18.7 Å². The minimum atomic E-state index is 0.403. The zero-order chi connectivity index (χ0) is 16.2. The summed E-state index contributed by atoms with van der Waals surface area (Å²) >= 11 is 0. The molecule has 122 valence electrons. The van der Waals surface area contributed by atoms with Crippen LogP contribution in [0, 0.1) is 0 Å². The second-order valence-electron chi connectivity index (χ2n) is 6.04. The van der Waals surface area contributed by atoms with E-state index in [0.29, 0.717) is 6.04 Å². The Kier molecular flexibility index (Phi) is 4.25. The van der Waals surface area contributed by atoms with Crippen LogP contribution in [0.4, 0.5) is 5.82 Å². The Morgan fingerprint density at radius 2 is 2.04 bits per heavy atom. The van der Waals surface area contributed by atoms with Gasteiger partial charge in [-0.15, -0.1) is 0 Å². The minimum absolute atomic E-state index is 0.403. The summed E-state index contributed by atoms with van der Waals surface area (Å²) in [5, 5.41) is 6.85. The molecule has 0 spiro atoms. The lowest BCUT2D eigenvalue weighted by Crippen LogP contribution is -2.38. The molecule has 5 nitrogen and oxygen atoms in total. The van der Waals surface area contributed by atoms with Crippen molar-refractivity contribution < 1.29 is 4.42 Å². The molecule has 1 atom stereocenters. The van der Waals surface area contributed by atoms with E-state index in [1.807, 2.05) is 24.3 Å². The molecule has 1 aromatic carbocycles. The van der Waals surface area contributed by atoms with Crippen LogP contribution in [0.25, 0.3) is 22.6 Å². The van der Waals surface area contributed by atoms with Gasteiger partial charge in [0.15, 0.2) is 5.76 Å². The van der Waals surface area contributed by atoms with E-state index < -0.39 is 0 Å². The largest absolute Gasteiger partial charge is 0.462 e. The molecular formula is C19H20N4O. The second kappa shape index (κ2) is 6.84. The first kappa shape index (κ1) is 14.9. The molecule has 3 aromatic rings. The number of benzene rings is 1. The third kappa shape index (κ3) is 3.31. The average Bonchev–Trinajstić information content (AvgIpc) is 3.14. The first-order valence-electron chi connectivity index (χ1n) is 8.32. The number of hydrogen-bond acceptors (Lipinski definition) is 5. The predicted octanol–water partition coefficient (Wildman–Crippen LogP) is 3.57. The highest BCUT2D eigenvalue weighted by atomic mass is 16.3. The van der Waals surface area contributed by atoms with Crippen molar-refractivity contribution in [3.8, 4) is 22.6 Å². The van der Waals surface area contributed by atoms with Crippen molar-refractivity contribution in [1.82, 2.24) is 15.3 Å². The molecule has 0 amide bonds. The molecule has 5 heteroatoms. The quantitative estimate of drug-likeness (QED) is 0.769. The zero-order valence-corrected chi connectivity index (χ0v) is 13.4. The third-order valence-corrected chi connectivity index (χ3v) is 4.24. The molecule has 1 aliphatic heterocycles. The lowest BCUT2D eigenvalue weighted by Gasteiger charge is -2.24. The van der Waals surface area contributed by atoms with Gasteiger partial charge >= 0.3 is 0 Å². The highest BCUT2D eigenvalue weighted by Crippen LogP contribution is 2.27. The number of nitrogens with one attached hydrogen (secondary N) is 2. The molecule has 24 heavy (non-hydrogen) atoms. The summed E-state index contributed by atoms with van der Waals surface area (Å²) in [4.78, 5) is 8.95. The van der Waals surface area contributed by atoms with Crippen molar-refractivity contribution in [3.63, 3.8) is 0 Å². The van der Waals surface area contributed by atoms with Gasteiger partial charge in [-0.25, -0.2) is 4.98 Å². The van der Waals surface area contributed by atoms with Gasteiger partial charge in [-0.3, -0.25) is 4.98 Å². The van der Waals surface area contributed by atoms with Crippen LogP contribution < -0.4 is 10.6 Å². The molecule has 0 aliphatic carbocycles. The number of rotatable bonds is 4. The first-order valence-corrected chi connectivity index (χ1v) is 8.32. The smallest absolute Gasteiger partial charge is 0.154 e. The standard InChI is InChI=1S/C19H20N4O/c1-2-5-14(6-3-1)15-9-18(24-13-15)17-11-21-12-19(23-17)22-16-7-4-8-20-10-16/h1-3,5-6,9,11-13,16,20H,4,7-8,10H2,(H,22,23). The maximum atomic E-state index is 5.71. The maximum Gasteiger partial charge on any atom is 0.154 e. The van der Waals surface area contributed by atoms with Crippen LogP contribution in [0.2, 0.25) is 0 Å². The molecule has 2 aromatic heterocycles. The third-order valence-electron chi connectivity index (χ3n) is 4.24. The topological polar surface area (TPSA) is 63.0 Å². The molecule has 0 saturated carbocycles. The van der Waals surface area contributed by atoms with E-state index in [1.54, 1.807) is 18.7 Å². The lowest BCUT2D eigenvalue weighted by atomic mass is 10.1. The first-order chi connectivity index (χ1) is 11.9. The Hall–Kier alpha value is -2.66. The van der Waals surface area contributed by atoms with Crippen molar-refractivity contribution in [1.29, 1.82) is 0 Å². The molecule has 3 heterocycles. The predicted molar refractivity (Wildman–Crippen MR) is 94.7 cm³/mol. The summed E-state index contributed by atoms with van der Waals surface area (Å²) in [6.07, 6.45) is 7.59. The highest BCUT2D eigenvalue weighted by Gasteiger charge is 2.14. The van der Waals surface area contributed by atoms with E-state index in [1.165, 1.54) is 6.42 Å². The lowest BCUT2D eigenvalue weighted by molar-refractivity contribution is 0.479. The van der Waals surface area contributed by atoms with E-state index in [9.17, 15) is 0 Å². The van der Waals surface area contributed by atoms with E-state index in [4.69, 9.17) is 4.42 Å². The van der Waals surface area contributed by atoms with Gasteiger partial charge in [-0.05, 0) is 31.0 Å². The molecule has 0 bridgehead atoms. The average molecular weight is 320 g/mol. The van der Waals surface area contributed by atoms with E-state index in [2.05, 4.69) is 32.7 Å². The summed E-state index contributed by atoms with van der Waals surface area (Å²) in [6, 6.07) is 12.6. The normalized spacial score (nSPS) is 17.6. The van der Waals surface area contributed by atoms with Crippen molar-refractivity contribution in [3.05, 3.63) is 55.1 Å². The molecule has 1 unspecified atom stereocenters. The summed E-state index contributed by atoms with van der Waals surface area (Å²) < 4.78 is 5.71. The fourth-order valence-corrected chi connectivity index (χ4v) is 2.99. The van der Waals surface area contributed by atoms with Gasteiger partial charge in [0.2, 0.25) is 0 Å². The van der Waals surface area contributed by atoms with Crippen molar-refractivity contribution in [2.24, 2.45) is 0 Å². The van der Waals surface area contributed by atoms with Crippen LogP contribution >= 0.6 is 0 Å². The number of anilines is 1. The van der Waals surface area contributed by atoms with Crippen molar-refractivity contribution >= 4 is 5.82 Å². The number of nitrogens with zero attached hydrogens (tertiary/aromatic N) is 2. The Bertz CT molecular complexity index is 794. The summed E-state index contributed by atoms with van der Waals surface area (Å²) in [7, 11) is 0. The van der Waals surface area contributed by atoms with Gasteiger partial charge in [0, 0.05) is 18.2 Å². The zero-order valence-electron chi connectivity index (χ0n) is 13.4. The number of hydrogen-bond donors (Lipinski definition) is 2. The Labute approximate surface area is 141 Å². The second-order valence-corrected chi connectivity index (χ2v) is 6.04. The number of aromatic nitrogens is 2. The maximum absolute atomic E-state index is 5.71. The van der Waals surface area contributed by atoms with Gasteiger partial charge in [-0.2, -0.15) is 0 Å². The van der Waals surface area contributed by atoms with Crippen LogP contribution in [0.15, 0.2) is 59.5 Å². The molecule has 1 fully saturated rings. The van der Waals surface area contributed by atoms with Gasteiger partial charge in [-0.1, -0.05) is 30.3 Å².